The molecule has 2 aromatic carbocycles. The molecule has 2 N–H and O–H groups in total. The SMILES string of the molecule is O=C(NCC(O)c1ccc(Cl)c(F)c1)C1=Cc2ccccc2OC1. The molecule has 1 heterocycles. The van der Waals surface area contributed by atoms with Crippen LogP contribution in [0.3, 0.4) is 0 Å². The molecule has 0 aromatic heterocycles. The fourth-order valence-corrected chi connectivity index (χ4v) is 2.51. The molecule has 2 aromatic rings. The van der Waals surface area contributed by atoms with Crippen LogP contribution < -0.4 is 10.1 Å². The fraction of sp³-hybridized carbons (Fsp3) is 0.167. The van der Waals surface area contributed by atoms with Crippen molar-refractivity contribution in [2.45, 2.75) is 6.10 Å². The first-order chi connectivity index (χ1) is 11.5. The number of carbonyl (C=O) groups is 1. The largest absolute Gasteiger partial charge is 0.488 e. The number of halogens is 2. The lowest BCUT2D eigenvalue weighted by molar-refractivity contribution is -0.118. The van der Waals surface area contributed by atoms with Gasteiger partial charge in [0.2, 0.25) is 0 Å². The zero-order valence-electron chi connectivity index (χ0n) is 12.6. The number of hydrogen-bond donors (Lipinski definition) is 2. The maximum atomic E-state index is 13.4. The predicted molar refractivity (Wildman–Crippen MR) is 89.3 cm³/mol. The summed E-state index contributed by atoms with van der Waals surface area (Å²) in [5.41, 5.74) is 1.63. The number of aliphatic hydroxyl groups is 1. The number of ether oxygens (including phenoxy) is 1. The van der Waals surface area contributed by atoms with Crippen molar-refractivity contribution < 1.29 is 19.0 Å². The highest BCUT2D eigenvalue weighted by atomic mass is 35.5. The summed E-state index contributed by atoms with van der Waals surface area (Å²) >= 11 is 5.61. The van der Waals surface area contributed by atoms with Crippen LogP contribution in [-0.2, 0) is 4.79 Å². The summed E-state index contributed by atoms with van der Waals surface area (Å²) in [6, 6.07) is 11.4. The first-order valence-corrected chi connectivity index (χ1v) is 7.76. The topological polar surface area (TPSA) is 58.6 Å². The van der Waals surface area contributed by atoms with Crippen molar-refractivity contribution in [3.8, 4) is 5.75 Å². The lowest BCUT2D eigenvalue weighted by atomic mass is 10.1. The molecular weight excluding hydrogens is 333 g/mol. The highest BCUT2D eigenvalue weighted by Gasteiger charge is 2.18. The Morgan fingerprint density at radius 2 is 2.12 bits per heavy atom. The number of hydrogen-bond acceptors (Lipinski definition) is 3. The molecular formula is C18H15ClFNO3. The molecule has 1 amide bonds. The highest BCUT2D eigenvalue weighted by molar-refractivity contribution is 6.30. The van der Waals surface area contributed by atoms with Crippen molar-refractivity contribution in [2.24, 2.45) is 0 Å². The average molecular weight is 348 g/mol. The van der Waals surface area contributed by atoms with Gasteiger partial charge in [0.05, 0.1) is 16.7 Å². The number of nitrogens with one attached hydrogen (secondary N) is 1. The fourth-order valence-electron chi connectivity index (χ4n) is 2.39. The molecule has 24 heavy (non-hydrogen) atoms. The normalized spacial score (nSPS) is 14.2. The monoisotopic (exact) mass is 347 g/mol. The van der Waals surface area contributed by atoms with Gasteiger partial charge >= 0.3 is 0 Å². The van der Waals surface area contributed by atoms with Gasteiger partial charge in [-0.2, -0.15) is 0 Å². The Morgan fingerprint density at radius 3 is 2.92 bits per heavy atom. The number of para-hydroxylation sites is 1. The van der Waals surface area contributed by atoms with Crippen molar-refractivity contribution >= 4 is 23.6 Å². The van der Waals surface area contributed by atoms with E-state index in [-0.39, 0.29) is 24.1 Å². The van der Waals surface area contributed by atoms with Crippen molar-refractivity contribution in [3.63, 3.8) is 0 Å². The molecule has 0 aliphatic carbocycles. The van der Waals surface area contributed by atoms with Gasteiger partial charge in [0.25, 0.3) is 5.91 Å². The predicted octanol–water partition coefficient (Wildman–Crippen LogP) is 3.10. The van der Waals surface area contributed by atoms with Crippen LogP contribution in [0.4, 0.5) is 4.39 Å². The number of carbonyl (C=O) groups excluding carboxylic acids is 1. The van der Waals surface area contributed by atoms with Gasteiger partial charge < -0.3 is 15.2 Å². The summed E-state index contributed by atoms with van der Waals surface area (Å²) in [5, 5.41) is 12.7. The summed E-state index contributed by atoms with van der Waals surface area (Å²) in [5.74, 6) is -0.219. The second kappa shape index (κ2) is 7.03. The van der Waals surface area contributed by atoms with E-state index in [1.54, 1.807) is 6.08 Å². The zero-order chi connectivity index (χ0) is 17.1. The van der Waals surface area contributed by atoms with Crippen molar-refractivity contribution in [1.82, 2.24) is 5.32 Å². The lowest BCUT2D eigenvalue weighted by Gasteiger charge is -2.18. The molecule has 1 atom stereocenters. The van der Waals surface area contributed by atoms with E-state index < -0.39 is 11.9 Å². The second-order valence-electron chi connectivity index (χ2n) is 5.40. The van der Waals surface area contributed by atoms with E-state index >= 15 is 0 Å². The van der Waals surface area contributed by atoms with Gasteiger partial charge in [-0.15, -0.1) is 0 Å². The van der Waals surface area contributed by atoms with Gasteiger partial charge in [0, 0.05) is 12.1 Å². The van der Waals surface area contributed by atoms with E-state index in [2.05, 4.69) is 5.32 Å². The lowest BCUT2D eigenvalue weighted by Crippen LogP contribution is -2.32. The maximum Gasteiger partial charge on any atom is 0.250 e. The van der Waals surface area contributed by atoms with Crippen LogP contribution in [0.1, 0.15) is 17.2 Å². The molecule has 0 bridgehead atoms. The van der Waals surface area contributed by atoms with Crippen LogP contribution in [0.5, 0.6) is 5.75 Å². The van der Waals surface area contributed by atoms with Crippen LogP contribution in [0.25, 0.3) is 6.08 Å². The van der Waals surface area contributed by atoms with Gasteiger partial charge in [0.1, 0.15) is 18.2 Å². The Labute approximate surface area is 143 Å². The molecule has 0 radical (unpaired) electrons. The van der Waals surface area contributed by atoms with Crippen molar-refractivity contribution in [1.29, 1.82) is 0 Å². The molecule has 0 spiro atoms. The van der Waals surface area contributed by atoms with Crippen LogP contribution in [0, 0.1) is 5.82 Å². The van der Waals surface area contributed by atoms with Crippen molar-refractivity contribution in [2.75, 3.05) is 13.2 Å². The van der Waals surface area contributed by atoms with E-state index in [9.17, 15) is 14.3 Å². The molecule has 1 aliphatic rings. The number of rotatable bonds is 4. The number of amides is 1. The van der Waals surface area contributed by atoms with Gasteiger partial charge in [-0.1, -0.05) is 35.9 Å². The third-order valence-electron chi connectivity index (χ3n) is 3.71. The van der Waals surface area contributed by atoms with E-state index in [4.69, 9.17) is 16.3 Å². The van der Waals surface area contributed by atoms with Crippen LogP contribution >= 0.6 is 11.6 Å². The molecule has 124 valence electrons. The summed E-state index contributed by atoms with van der Waals surface area (Å²) in [6.45, 7) is 0.118. The first kappa shape index (κ1) is 16.5. The molecule has 6 heteroatoms. The Hall–Kier alpha value is -2.37. The molecule has 0 saturated carbocycles. The quantitative estimate of drug-likeness (QED) is 0.893. The minimum Gasteiger partial charge on any atom is -0.488 e. The smallest absolute Gasteiger partial charge is 0.250 e. The Bertz CT molecular complexity index is 807. The highest BCUT2D eigenvalue weighted by Crippen LogP contribution is 2.26. The third-order valence-corrected chi connectivity index (χ3v) is 4.01. The van der Waals surface area contributed by atoms with E-state index in [1.165, 1.54) is 12.1 Å². The molecule has 0 saturated heterocycles. The molecule has 3 rings (SSSR count). The molecule has 0 fully saturated rings. The average Bonchev–Trinajstić information content (AvgIpc) is 2.61. The summed E-state index contributed by atoms with van der Waals surface area (Å²) in [6.07, 6.45) is 0.723. The Balaban J connectivity index is 1.63. The van der Waals surface area contributed by atoms with E-state index in [1.807, 2.05) is 24.3 Å². The van der Waals surface area contributed by atoms with E-state index in [0.717, 1.165) is 17.4 Å². The molecule has 4 nitrogen and oxygen atoms in total. The number of aliphatic hydroxyl groups excluding tert-OH is 1. The third kappa shape index (κ3) is 3.58. The summed E-state index contributed by atoms with van der Waals surface area (Å²) in [7, 11) is 0. The summed E-state index contributed by atoms with van der Waals surface area (Å²) < 4.78 is 18.9. The van der Waals surface area contributed by atoms with Gasteiger partial charge in [0.15, 0.2) is 0 Å². The maximum absolute atomic E-state index is 13.4. The van der Waals surface area contributed by atoms with E-state index in [0.29, 0.717) is 11.1 Å². The van der Waals surface area contributed by atoms with Gasteiger partial charge in [-0.05, 0) is 29.8 Å². The standard InChI is InChI=1S/C18H15ClFNO3/c19-14-6-5-11(8-15(14)20)16(22)9-21-18(23)13-7-12-3-1-2-4-17(12)24-10-13/h1-8,16,22H,9-10H2,(H,21,23). The zero-order valence-corrected chi connectivity index (χ0v) is 13.4. The van der Waals surface area contributed by atoms with Crippen molar-refractivity contribution in [3.05, 3.63) is 70.0 Å². The minimum absolute atomic E-state index is 0.0156. The molecule has 1 unspecified atom stereocenters. The minimum atomic E-state index is -1.03. The first-order valence-electron chi connectivity index (χ1n) is 7.38. The second-order valence-corrected chi connectivity index (χ2v) is 5.80. The number of benzene rings is 2. The van der Waals surface area contributed by atoms with Gasteiger partial charge in [-0.3, -0.25) is 4.79 Å². The Kier molecular flexibility index (Phi) is 4.83. The molecule has 1 aliphatic heterocycles. The van der Waals surface area contributed by atoms with Crippen LogP contribution in [-0.4, -0.2) is 24.2 Å². The van der Waals surface area contributed by atoms with Gasteiger partial charge in [-0.25, -0.2) is 4.39 Å². The Morgan fingerprint density at radius 1 is 1.33 bits per heavy atom. The van der Waals surface area contributed by atoms with Crippen LogP contribution in [0.15, 0.2) is 48.0 Å². The van der Waals surface area contributed by atoms with Crippen LogP contribution in [0.2, 0.25) is 5.02 Å². The summed E-state index contributed by atoms with van der Waals surface area (Å²) in [4.78, 5) is 12.2. The number of fused-ring (bicyclic) bond motifs is 1.